The fourth-order valence-electron chi connectivity index (χ4n) is 0.632. The van der Waals surface area contributed by atoms with Crippen LogP contribution in [0.15, 0.2) is 42.1 Å². The van der Waals surface area contributed by atoms with Crippen LogP contribution in [0.5, 0.6) is 0 Å². The maximum Gasteiger partial charge on any atom is 0.257 e. The van der Waals surface area contributed by atoms with Gasteiger partial charge in [-0.15, -0.1) is 0 Å². The predicted octanol–water partition coefficient (Wildman–Crippen LogP) is 1.21. The molecule has 0 aromatic carbocycles. The summed E-state index contributed by atoms with van der Waals surface area (Å²) in [6.07, 6.45) is 4.14. The minimum atomic E-state index is -3.52. The molecule has 5 heteroatoms. The highest BCUT2D eigenvalue weighted by Crippen LogP contribution is 2.00. The van der Waals surface area contributed by atoms with E-state index in [0.29, 0.717) is 5.57 Å². The number of allylic oxidation sites excluding steroid dienone is 2. The number of aliphatic imine (C=N–C) groups is 1. The maximum absolute atomic E-state index is 11.4. The van der Waals surface area contributed by atoms with Crippen LogP contribution in [0.1, 0.15) is 6.92 Å². The predicted molar refractivity (Wildman–Crippen MR) is 59.6 cm³/mol. The van der Waals surface area contributed by atoms with Gasteiger partial charge in [-0.2, -0.15) is 0 Å². The molecule has 0 rings (SSSR count). The molecule has 4 nitrogen and oxygen atoms in total. The maximum atomic E-state index is 11.4. The zero-order chi connectivity index (χ0) is 11.2. The van der Waals surface area contributed by atoms with Crippen molar-refractivity contribution in [1.82, 2.24) is 4.72 Å². The summed E-state index contributed by atoms with van der Waals surface area (Å²) in [4.78, 5) is 3.66. The SMILES string of the molecule is C=C/N=C(\C=C(\C)C=C)S(=O)(=O)NC. The molecule has 0 aromatic heterocycles. The van der Waals surface area contributed by atoms with Crippen LogP contribution < -0.4 is 4.72 Å². The standard InChI is InChI=1S/C9H14N2O2S/c1-5-8(3)7-9(11-6-2)14(12,13)10-4/h5-7,10H,1-2H2,3-4H3/b8-7-,11-9+. The summed E-state index contributed by atoms with van der Waals surface area (Å²) in [7, 11) is -2.20. The van der Waals surface area contributed by atoms with Gasteiger partial charge >= 0.3 is 0 Å². The van der Waals surface area contributed by atoms with Crippen molar-refractivity contribution in [2.75, 3.05) is 7.05 Å². The van der Waals surface area contributed by atoms with E-state index in [2.05, 4.69) is 22.9 Å². The zero-order valence-electron chi connectivity index (χ0n) is 8.32. The monoisotopic (exact) mass is 214 g/mol. The third-order valence-corrected chi connectivity index (χ3v) is 2.75. The van der Waals surface area contributed by atoms with Crippen molar-refractivity contribution in [1.29, 1.82) is 0 Å². The van der Waals surface area contributed by atoms with Gasteiger partial charge in [-0.25, -0.2) is 18.1 Å². The Morgan fingerprint density at radius 2 is 2.00 bits per heavy atom. The highest BCUT2D eigenvalue weighted by molar-refractivity contribution is 8.05. The number of nitrogens with zero attached hydrogens (tertiary/aromatic N) is 1. The third-order valence-electron chi connectivity index (χ3n) is 1.44. The topological polar surface area (TPSA) is 58.5 Å². The van der Waals surface area contributed by atoms with Gasteiger partial charge in [0.25, 0.3) is 10.0 Å². The van der Waals surface area contributed by atoms with E-state index >= 15 is 0 Å². The molecule has 0 unspecified atom stereocenters. The molecule has 0 saturated carbocycles. The lowest BCUT2D eigenvalue weighted by Gasteiger charge is -2.01. The smallest absolute Gasteiger partial charge is 0.244 e. The van der Waals surface area contributed by atoms with Crippen LogP contribution in [0.25, 0.3) is 0 Å². The van der Waals surface area contributed by atoms with E-state index in [4.69, 9.17) is 0 Å². The summed E-state index contributed by atoms with van der Waals surface area (Å²) in [6, 6.07) is 0. The first-order valence-electron chi connectivity index (χ1n) is 3.91. The molecule has 78 valence electrons. The van der Waals surface area contributed by atoms with Crippen molar-refractivity contribution in [2.45, 2.75) is 6.92 Å². The van der Waals surface area contributed by atoms with E-state index in [-0.39, 0.29) is 5.04 Å². The number of hydrogen-bond acceptors (Lipinski definition) is 3. The van der Waals surface area contributed by atoms with Gasteiger partial charge in [0.05, 0.1) is 0 Å². The largest absolute Gasteiger partial charge is 0.257 e. The normalized spacial score (nSPS) is 13.9. The highest BCUT2D eigenvalue weighted by atomic mass is 32.2. The van der Waals surface area contributed by atoms with Crippen LogP contribution in [0, 0.1) is 0 Å². The van der Waals surface area contributed by atoms with Crippen LogP contribution in [0.2, 0.25) is 0 Å². The van der Waals surface area contributed by atoms with E-state index in [9.17, 15) is 8.42 Å². The second-order valence-corrected chi connectivity index (χ2v) is 4.28. The van der Waals surface area contributed by atoms with Crippen LogP contribution in [0.3, 0.4) is 0 Å². The molecular weight excluding hydrogens is 200 g/mol. The summed E-state index contributed by atoms with van der Waals surface area (Å²) in [6.45, 7) is 8.60. The molecule has 0 aromatic rings. The van der Waals surface area contributed by atoms with E-state index in [1.54, 1.807) is 13.0 Å². The van der Waals surface area contributed by atoms with Crippen molar-refractivity contribution >= 4 is 15.1 Å². The lowest BCUT2D eigenvalue weighted by Crippen LogP contribution is -2.26. The first kappa shape index (κ1) is 12.8. The summed E-state index contributed by atoms with van der Waals surface area (Å²) in [5.41, 5.74) is 0.712. The van der Waals surface area contributed by atoms with Crippen molar-refractivity contribution in [3.63, 3.8) is 0 Å². The molecule has 1 N–H and O–H groups in total. The summed E-state index contributed by atoms with van der Waals surface area (Å²) >= 11 is 0. The molecule has 14 heavy (non-hydrogen) atoms. The quantitative estimate of drug-likeness (QED) is 0.434. The molecule has 0 fully saturated rings. The van der Waals surface area contributed by atoms with Gasteiger partial charge in [-0.3, -0.25) is 0 Å². The summed E-state index contributed by atoms with van der Waals surface area (Å²) in [5.74, 6) is 0. The van der Waals surface area contributed by atoms with Gasteiger partial charge in [0.15, 0.2) is 5.04 Å². The van der Waals surface area contributed by atoms with E-state index in [1.165, 1.54) is 19.3 Å². The number of rotatable bonds is 4. The lowest BCUT2D eigenvalue weighted by molar-refractivity contribution is 0.600. The molecule has 0 aliphatic heterocycles. The van der Waals surface area contributed by atoms with Crippen molar-refractivity contribution < 1.29 is 8.42 Å². The summed E-state index contributed by atoms with van der Waals surface area (Å²) in [5, 5.41) is -0.0765. The minimum Gasteiger partial charge on any atom is -0.244 e. The Balaban J connectivity index is 5.30. The molecule has 0 bridgehead atoms. The van der Waals surface area contributed by atoms with E-state index in [0.717, 1.165) is 0 Å². The van der Waals surface area contributed by atoms with Gasteiger partial charge < -0.3 is 0 Å². The van der Waals surface area contributed by atoms with Gasteiger partial charge in [-0.1, -0.05) is 19.2 Å². The number of nitrogens with one attached hydrogen (secondary N) is 1. The molecule has 0 saturated heterocycles. The molecular formula is C9H14N2O2S. The highest BCUT2D eigenvalue weighted by Gasteiger charge is 2.13. The Kier molecular flexibility index (Phi) is 5.04. The van der Waals surface area contributed by atoms with Crippen molar-refractivity contribution in [3.8, 4) is 0 Å². The minimum absolute atomic E-state index is 0.0765. The van der Waals surface area contributed by atoms with Gasteiger partial charge in [0.1, 0.15) is 0 Å². The van der Waals surface area contributed by atoms with Gasteiger partial charge in [-0.05, 0) is 25.6 Å². The molecule has 0 spiro atoms. The Morgan fingerprint density at radius 1 is 1.43 bits per heavy atom. The van der Waals surface area contributed by atoms with Crippen molar-refractivity contribution in [2.24, 2.45) is 4.99 Å². The van der Waals surface area contributed by atoms with E-state index in [1.807, 2.05) is 0 Å². The molecule has 0 heterocycles. The number of hydrogen-bond donors (Lipinski definition) is 1. The zero-order valence-corrected chi connectivity index (χ0v) is 9.13. The van der Waals surface area contributed by atoms with E-state index < -0.39 is 10.0 Å². The Hall–Kier alpha value is -1.20. The fourth-order valence-corrected chi connectivity index (χ4v) is 1.40. The van der Waals surface area contributed by atoms with Gasteiger partial charge in [0, 0.05) is 6.20 Å². The average molecular weight is 214 g/mol. The number of sulfonamides is 1. The second-order valence-electron chi connectivity index (χ2n) is 2.45. The second kappa shape index (κ2) is 5.51. The van der Waals surface area contributed by atoms with Crippen LogP contribution in [-0.4, -0.2) is 20.5 Å². The molecule has 0 aliphatic carbocycles. The van der Waals surface area contributed by atoms with Crippen LogP contribution in [-0.2, 0) is 10.0 Å². The first-order chi connectivity index (χ1) is 6.47. The van der Waals surface area contributed by atoms with Crippen LogP contribution in [0.4, 0.5) is 0 Å². The molecule has 0 aliphatic rings. The average Bonchev–Trinajstić information content (AvgIpc) is 2.17. The Morgan fingerprint density at radius 3 is 2.36 bits per heavy atom. The molecule has 0 atom stereocenters. The van der Waals surface area contributed by atoms with Gasteiger partial charge in [0.2, 0.25) is 0 Å². The third kappa shape index (κ3) is 3.68. The summed E-state index contributed by atoms with van der Waals surface area (Å²) < 4.78 is 24.9. The van der Waals surface area contributed by atoms with Crippen LogP contribution >= 0.6 is 0 Å². The van der Waals surface area contributed by atoms with Crippen molar-refractivity contribution in [3.05, 3.63) is 37.1 Å². The fraction of sp³-hybridized carbons (Fsp3) is 0.222. The molecule has 0 amide bonds. The lowest BCUT2D eigenvalue weighted by atomic mass is 10.3. The Bertz CT molecular complexity index is 378. The first-order valence-corrected chi connectivity index (χ1v) is 5.39. The molecule has 0 radical (unpaired) electrons. The Labute approximate surface area is 84.8 Å².